The van der Waals surface area contributed by atoms with E-state index in [1.165, 1.54) is 24.1 Å². The Balaban J connectivity index is 2.02. The first-order valence-electron chi connectivity index (χ1n) is 12.3. The summed E-state index contributed by atoms with van der Waals surface area (Å²) in [7, 11) is -2.64. The van der Waals surface area contributed by atoms with E-state index in [1.807, 2.05) is 6.92 Å². The number of rotatable bonds is 12. The van der Waals surface area contributed by atoms with Gasteiger partial charge in [-0.25, -0.2) is 8.42 Å². The summed E-state index contributed by atoms with van der Waals surface area (Å²) in [6, 6.07) is 18.2. The van der Waals surface area contributed by atoms with E-state index in [0.29, 0.717) is 27.9 Å². The summed E-state index contributed by atoms with van der Waals surface area (Å²) in [6.07, 6.45) is 0.722. The highest BCUT2D eigenvalue weighted by Gasteiger charge is 2.32. The smallest absolute Gasteiger partial charge is 0.264 e. The third kappa shape index (κ3) is 7.65. The topological polar surface area (TPSA) is 96.0 Å². The maximum atomic E-state index is 13.9. The van der Waals surface area contributed by atoms with Gasteiger partial charge in [0.2, 0.25) is 11.8 Å². The predicted molar refractivity (Wildman–Crippen MR) is 154 cm³/mol. The SMILES string of the molecule is CCCNC(=O)C(C)N(Cc1ccc(Cl)c(Cl)c1)C(=O)CN(c1ccc(OC)cc1)S(=O)(=O)c1ccccc1. The molecule has 3 aromatic rings. The second-order valence-corrected chi connectivity index (χ2v) is 11.4. The zero-order chi connectivity index (χ0) is 28.6. The average Bonchev–Trinajstić information content (AvgIpc) is 2.95. The Hall–Kier alpha value is -3.27. The van der Waals surface area contributed by atoms with Crippen LogP contribution in [0.1, 0.15) is 25.8 Å². The molecule has 8 nitrogen and oxygen atoms in total. The van der Waals surface area contributed by atoms with Crippen molar-refractivity contribution in [2.75, 3.05) is 24.5 Å². The van der Waals surface area contributed by atoms with Crippen LogP contribution in [0, 0.1) is 0 Å². The van der Waals surface area contributed by atoms with Gasteiger partial charge in [0.15, 0.2) is 0 Å². The molecule has 0 aromatic heterocycles. The van der Waals surface area contributed by atoms with Crippen LogP contribution in [0.2, 0.25) is 10.0 Å². The Morgan fingerprint density at radius 2 is 1.64 bits per heavy atom. The monoisotopic (exact) mass is 591 g/mol. The Morgan fingerprint density at radius 3 is 2.23 bits per heavy atom. The van der Waals surface area contributed by atoms with Gasteiger partial charge in [-0.1, -0.05) is 54.4 Å². The van der Waals surface area contributed by atoms with Crippen LogP contribution in [0.5, 0.6) is 5.75 Å². The van der Waals surface area contributed by atoms with Crippen molar-refractivity contribution in [3.8, 4) is 5.75 Å². The zero-order valence-corrected chi connectivity index (χ0v) is 24.3. The van der Waals surface area contributed by atoms with E-state index < -0.39 is 28.5 Å². The fraction of sp³-hybridized carbons (Fsp3) is 0.286. The summed E-state index contributed by atoms with van der Waals surface area (Å²) in [5, 5.41) is 3.46. The van der Waals surface area contributed by atoms with E-state index in [-0.39, 0.29) is 23.0 Å². The highest BCUT2D eigenvalue weighted by Crippen LogP contribution is 2.27. The molecule has 39 heavy (non-hydrogen) atoms. The molecule has 0 fully saturated rings. The molecule has 11 heteroatoms. The van der Waals surface area contributed by atoms with E-state index in [1.54, 1.807) is 67.6 Å². The summed E-state index contributed by atoms with van der Waals surface area (Å²) in [6.45, 7) is 3.43. The average molecular weight is 593 g/mol. The number of hydrogen-bond acceptors (Lipinski definition) is 5. The zero-order valence-electron chi connectivity index (χ0n) is 21.9. The molecule has 0 aliphatic rings. The maximum absolute atomic E-state index is 13.9. The van der Waals surface area contributed by atoms with Crippen molar-refractivity contribution in [1.82, 2.24) is 10.2 Å². The minimum Gasteiger partial charge on any atom is -0.497 e. The number of amides is 2. The minimum atomic E-state index is -4.14. The van der Waals surface area contributed by atoms with Crippen LogP contribution >= 0.6 is 23.2 Å². The van der Waals surface area contributed by atoms with Gasteiger partial charge in [-0.05, 0) is 67.4 Å². The number of benzene rings is 3. The van der Waals surface area contributed by atoms with Crippen molar-refractivity contribution >= 4 is 50.7 Å². The number of halogens is 2. The summed E-state index contributed by atoms with van der Waals surface area (Å²) in [5.41, 5.74) is 0.903. The normalized spacial score (nSPS) is 11.9. The van der Waals surface area contributed by atoms with Crippen molar-refractivity contribution in [3.05, 3.63) is 88.4 Å². The molecule has 3 rings (SSSR count). The first-order chi connectivity index (χ1) is 18.6. The summed E-state index contributed by atoms with van der Waals surface area (Å²) in [4.78, 5) is 28.1. The third-order valence-electron chi connectivity index (χ3n) is 6.02. The molecule has 0 spiro atoms. The van der Waals surface area contributed by atoms with E-state index in [0.717, 1.165) is 10.7 Å². The number of hydrogen-bond donors (Lipinski definition) is 1. The number of carbonyl (C=O) groups excluding carboxylic acids is 2. The molecule has 2 amide bonds. The van der Waals surface area contributed by atoms with Gasteiger partial charge >= 0.3 is 0 Å². The second kappa shape index (κ2) is 13.7. The van der Waals surface area contributed by atoms with Crippen molar-refractivity contribution in [2.24, 2.45) is 0 Å². The number of sulfonamides is 1. The second-order valence-electron chi connectivity index (χ2n) is 8.76. The molecule has 0 saturated carbocycles. The molecular formula is C28H31Cl2N3O5S. The lowest BCUT2D eigenvalue weighted by atomic mass is 10.1. The van der Waals surface area contributed by atoms with Gasteiger partial charge in [0, 0.05) is 13.1 Å². The highest BCUT2D eigenvalue weighted by molar-refractivity contribution is 7.92. The predicted octanol–water partition coefficient (Wildman–Crippen LogP) is 5.14. The van der Waals surface area contributed by atoms with Crippen molar-refractivity contribution in [2.45, 2.75) is 37.8 Å². The van der Waals surface area contributed by atoms with E-state index >= 15 is 0 Å². The maximum Gasteiger partial charge on any atom is 0.264 e. The van der Waals surface area contributed by atoms with E-state index in [2.05, 4.69) is 5.32 Å². The van der Waals surface area contributed by atoms with Gasteiger partial charge < -0.3 is 15.0 Å². The molecule has 1 N–H and O–H groups in total. The Bertz CT molecular complexity index is 1390. The standard InChI is InChI=1S/C28H31Cl2N3O5S/c1-4-16-31-28(35)20(2)32(18-21-10-15-25(29)26(30)17-21)27(34)19-33(22-11-13-23(38-3)14-12-22)39(36,37)24-8-6-5-7-9-24/h5-15,17,20H,4,16,18-19H2,1-3H3,(H,31,35). The first-order valence-corrected chi connectivity index (χ1v) is 14.5. The number of nitrogens with zero attached hydrogens (tertiary/aromatic N) is 2. The lowest BCUT2D eigenvalue weighted by molar-refractivity contribution is -0.139. The Labute approximate surface area is 239 Å². The van der Waals surface area contributed by atoms with Gasteiger partial charge in [-0.15, -0.1) is 0 Å². The van der Waals surface area contributed by atoms with Crippen molar-refractivity contribution < 1.29 is 22.7 Å². The highest BCUT2D eigenvalue weighted by atomic mass is 35.5. The molecule has 208 valence electrons. The number of carbonyl (C=O) groups is 2. The minimum absolute atomic E-state index is 0.0122. The third-order valence-corrected chi connectivity index (χ3v) is 8.55. The van der Waals surface area contributed by atoms with E-state index in [4.69, 9.17) is 27.9 Å². The van der Waals surface area contributed by atoms with Gasteiger partial charge in [0.1, 0.15) is 18.3 Å². The molecular weight excluding hydrogens is 561 g/mol. The fourth-order valence-corrected chi connectivity index (χ4v) is 5.57. The van der Waals surface area contributed by atoms with Gasteiger partial charge in [-0.2, -0.15) is 0 Å². The van der Waals surface area contributed by atoms with Crippen LogP contribution in [0.25, 0.3) is 0 Å². The molecule has 1 unspecified atom stereocenters. The molecule has 1 atom stereocenters. The molecule has 0 radical (unpaired) electrons. The quantitative estimate of drug-likeness (QED) is 0.314. The summed E-state index contributed by atoms with van der Waals surface area (Å²) >= 11 is 12.2. The lowest BCUT2D eigenvalue weighted by Gasteiger charge is -2.32. The number of nitrogens with one attached hydrogen (secondary N) is 1. The lowest BCUT2D eigenvalue weighted by Crippen LogP contribution is -2.51. The fourth-order valence-electron chi connectivity index (χ4n) is 3.81. The van der Waals surface area contributed by atoms with Crippen LogP contribution in [-0.2, 0) is 26.2 Å². The number of methoxy groups -OCH3 is 1. The molecule has 0 aliphatic heterocycles. The van der Waals surface area contributed by atoms with Crippen molar-refractivity contribution in [1.29, 1.82) is 0 Å². The van der Waals surface area contributed by atoms with Crippen molar-refractivity contribution in [3.63, 3.8) is 0 Å². The van der Waals surface area contributed by atoms with Gasteiger partial charge in [0.05, 0.1) is 27.7 Å². The Kier molecular flexibility index (Phi) is 10.6. The van der Waals surface area contributed by atoms with Crippen LogP contribution < -0.4 is 14.4 Å². The Morgan fingerprint density at radius 1 is 0.974 bits per heavy atom. The van der Waals surface area contributed by atoms with E-state index in [9.17, 15) is 18.0 Å². The number of anilines is 1. The molecule has 0 bridgehead atoms. The van der Waals surface area contributed by atoms with Crippen LogP contribution in [0.4, 0.5) is 5.69 Å². The van der Waals surface area contributed by atoms with Gasteiger partial charge in [0.25, 0.3) is 10.0 Å². The summed E-state index contributed by atoms with van der Waals surface area (Å²) < 4.78 is 33.7. The molecule has 3 aromatic carbocycles. The number of ether oxygens (including phenoxy) is 1. The molecule has 0 heterocycles. The van der Waals surface area contributed by atoms with Crippen LogP contribution in [0.3, 0.4) is 0 Å². The largest absolute Gasteiger partial charge is 0.497 e. The van der Waals surface area contributed by atoms with Gasteiger partial charge in [-0.3, -0.25) is 13.9 Å². The first kappa shape index (κ1) is 30.3. The summed E-state index contributed by atoms with van der Waals surface area (Å²) in [5.74, 6) is -0.396. The molecule has 0 saturated heterocycles. The molecule has 0 aliphatic carbocycles. The van der Waals surface area contributed by atoms with Crippen LogP contribution in [-0.4, -0.2) is 51.4 Å². The van der Waals surface area contributed by atoms with Crippen LogP contribution in [0.15, 0.2) is 77.7 Å².